The maximum absolute atomic E-state index is 9.07. The minimum atomic E-state index is 0.164. The Labute approximate surface area is 122 Å². The highest BCUT2D eigenvalue weighted by Gasteiger charge is 2.09. The van der Waals surface area contributed by atoms with Gasteiger partial charge in [-0.3, -0.25) is 5.43 Å². The summed E-state index contributed by atoms with van der Waals surface area (Å²) in [7, 11) is 0. The Hall–Kier alpha value is -2.92. The van der Waals surface area contributed by atoms with E-state index in [1.807, 2.05) is 6.92 Å². The molecule has 0 atom stereocenters. The number of ether oxygens (including phenoxy) is 1. The first kappa shape index (κ1) is 14.5. The Morgan fingerprint density at radius 1 is 1.24 bits per heavy atom. The third-order valence-electron chi connectivity index (χ3n) is 2.47. The maximum atomic E-state index is 9.07. The van der Waals surface area contributed by atoms with Crippen molar-refractivity contribution < 1.29 is 4.74 Å². The highest BCUT2D eigenvalue weighted by molar-refractivity contribution is 5.63. The summed E-state index contributed by atoms with van der Waals surface area (Å²) in [5, 5.41) is 12.0. The molecule has 1 heterocycles. The van der Waals surface area contributed by atoms with Gasteiger partial charge < -0.3 is 10.1 Å². The number of aromatic nitrogens is 3. The van der Waals surface area contributed by atoms with Gasteiger partial charge in [-0.05, 0) is 18.6 Å². The highest BCUT2D eigenvalue weighted by atomic mass is 16.5. The molecule has 108 valence electrons. The fraction of sp³-hybridized carbons (Fsp3) is 0.231. The van der Waals surface area contributed by atoms with Gasteiger partial charge in [-0.25, -0.2) is 5.84 Å². The van der Waals surface area contributed by atoms with E-state index in [1.54, 1.807) is 24.3 Å². The lowest BCUT2D eigenvalue weighted by molar-refractivity contribution is 0.292. The van der Waals surface area contributed by atoms with Gasteiger partial charge in [0, 0.05) is 0 Å². The van der Waals surface area contributed by atoms with E-state index in [0.717, 1.165) is 6.42 Å². The molecule has 0 amide bonds. The van der Waals surface area contributed by atoms with E-state index in [0.29, 0.717) is 17.9 Å². The summed E-state index contributed by atoms with van der Waals surface area (Å²) in [5.41, 5.74) is 3.43. The van der Waals surface area contributed by atoms with E-state index in [1.165, 1.54) is 0 Å². The molecule has 0 spiro atoms. The Morgan fingerprint density at radius 3 is 2.71 bits per heavy atom. The molecule has 2 rings (SSSR count). The van der Waals surface area contributed by atoms with Gasteiger partial charge in [-0.1, -0.05) is 19.1 Å². The number of hydrogen-bond donors (Lipinski definition) is 3. The molecule has 0 bridgehead atoms. The second-order valence-corrected chi connectivity index (χ2v) is 4.04. The number of anilines is 3. The first-order chi connectivity index (χ1) is 10.3. The zero-order valence-corrected chi connectivity index (χ0v) is 11.5. The molecule has 0 saturated heterocycles. The third-order valence-corrected chi connectivity index (χ3v) is 2.47. The van der Waals surface area contributed by atoms with E-state index < -0.39 is 0 Å². The number of nitrogens with zero attached hydrogens (tertiary/aromatic N) is 4. The number of nitrogens with two attached hydrogens (primary N) is 1. The van der Waals surface area contributed by atoms with Crippen LogP contribution in [0, 0.1) is 11.3 Å². The number of nitrogens with one attached hydrogen (secondary N) is 2. The summed E-state index contributed by atoms with van der Waals surface area (Å²) in [6.45, 7) is 2.47. The van der Waals surface area contributed by atoms with Gasteiger partial charge in [-0.15, -0.1) is 0 Å². The summed E-state index contributed by atoms with van der Waals surface area (Å²) >= 11 is 0. The number of hydrazine groups is 1. The number of benzene rings is 1. The predicted octanol–water partition coefficient (Wildman–Crippen LogP) is 1.56. The average molecular weight is 285 g/mol. The minimum absolute atomic E-state index is 0.164. The van der Waals surface area contributed by atoms with Crippen LogP contribution in [0.15, 0.2) is 24.3 Å². The van der Waals surface area contributed by atoms with E-state index in [2.05, 4.69) is 31.8 Å². The van der Waals surface area contributed by atoms with Crippen LogP contribution >= 0.6 is 0 Å². The fourth-order valence-electron chi connectivity index (χ4n) is 1.54. The number of hydrogen-bond acceptors (Lipinski definition) is 8. The van der Waals surface area contributed by atoms with Crippen LogP contribution in [-0.2, 0) is 0 Å². The summed E-state index contributed by atoms with van der Waals surface area (Å²) in [5.74, 6) is 5.74. The number of nitrogen functional groups attached to an aromatic ring is 1. The van der Waals surface area contributed by atoms with Crippen LogP contribution in [0.3, 0.4) is 0 Å². The van der Waals surface area contributed by atoms with Gasteiger partial charge in [0.1, 0.15) is 6.07 Å². The molecular formula is C13H15N7O. The smallest absolute Gasteiger partial charge is 0.323 e. The van der Waals surface area contributed by atoms with Gasteiger partial charge in [0.05, 0.1) is 17.9 Å². The maximum Gasteiger partial charge on any atom is 0.323 e. The molecule has 0 aliphatic rings. The summed E-state index contributed by atoms with van der Waals surface area (Å²) in [4.78, 5) is 12.2. The van der Waals surface area contributed by atoms with Crippen molar-refractivity contribution in [1.82, 2.24) is 15.0 Å². The molecule has 0 aliphatic carbocycles. The second-order valence-electron chi connectivity index (χ2n) is 4.04. The Kier molecular flexibility index (Phi) is 4.84. The van der Waals surface area contributed by atoms with E-state index in [4.69, 9.17) is 15.8 Å². The molecule has 1 aromatic carbocycles. The summed E-state index contributed by atoms with van der Waals surface area (Å²) < 4.78 is 5.37. The molecule has 0 radical (unpaired) electrons. The quantitative estimate of drug-likeness (QED) is 0.540. The van der Waals surface area contributed by atoms with E-state index in [-0.39, 0.29) is 17.9 Å². The molecule has 0 saturated carbocycles. The van der Waals surface area contributed by atoms with Gasteiger partial charge >= 0.3 is 6.01 Å². The molecule has 1 aromatic heterocycles. The van der Waals surface area contributed by atoms with Crippen molar-refractivity contribution in [3.63, 3.8) is 0 Å². The predicted molar refractivity (Wildman–Crippen MR) is 77.9 cm³/mol. The van der Waals surface area contributed by atoms with Crippen molar-refractivity contribution in [2.75, 3.05) is 17.3 Å². The zero-order chi connectivity index (χ0) is 15.1. The summed E-state index contributed by atoms with van der Waals surface area (Å²) in [6.07, 6.45) is 0.830. The average Bonchev–Trinajstić information content (AvgIpc) is 2.53. The van der Waals surface area contributed by atoms with Gasteiger partial charge in [0.15, 0.2) is 0 Å². The first-order valence-electron chi connectivity index (χ1n) is 6.38. The van der Waals surface area contributed by atoms with Crippen LogP contribution in [0.1, 0.15) is 18.9 Å². The number of rotatable bonds is 6. The molecule has 0 aliphatic heterocycles. The van der Waals surface area contributed by atoms with Crippen molar-refractivity contribution in [2.24, 2.45) is 5.84 Å². The van der Waals surface area contributed by atoms with Crippen molar-refractivity contribution >= 4 is 17.6 Å². The lowest BCUT2D eigenvalue weighted by Crippen LogP contribution is -2.14. The van der Waals surface area contributed by atoms with E-state index in [9.17, 15) is 0 Å². The Balaban J connectivity index is 2.28. The zero-order valence-electron chi connectivity index (χ0n) is 11.5. The topological polar surface area (TPSA) is 122 Å². The lowest BCUT2D eigenvalue weighted by atomic mass is 10.2. The standard InChI is InChI=1S/C13H15N7O/c1-2-7-21-13-18-11(17-12(19-13)20-15)16-10-6-4-3-5-9(10)8-14/h3-6H,2,7,15H2,1H3,(H2,16,17,18,19,20). The third kappa shape index (κ3) is 3.77. The molecule has 2 aromatic rings. The molecule has 4 N–H and O–H groups in total. The first-order valence-corrected chi connectivity index (χ1v) is 6.38. The van der Waals surface area contributed by atoms with Crippen LogP contribution in [-0.4, -0.2) is 21.6 Å². The number of para-hydroxylation sites is 1. The van der Waals surface area contributed by atoms with Gasteiger partial charge in [-0.2, -0.15) is 20.2 Å². The van der Waals surface area contributed by atoms with Crippen LogP contribution in [0.25, 0.3) is 0 Å². The normalized spacial score (nSPS) is 9.76. The molecular weight excluding hydrogens is 270 g/mol. The van der Waals surface area contributed by atoms with Crippen LogP contribution in [0.5, 0.6) is 6.01 Å². The van der Waals surface area contributed by atoms with Crippen LogP contribution < -0.4 is 21.3 Å². The second kappa shape index (κ2) is 7.02. The molecule has 21 heavy (non-hydrogen) atoms. The van der Waals surface area contributed by atoms with Crippen molar-refractivity contribution in [1.29, 1.82) is 5.26 Å². The molecule has 8 nitrogen and oxygen atoms in total. The van der Waals surface area contributed by atoms with Gasteiger partial charge in [0.2, 0.25) is 11.9 Å². The van der Waals surface area contributed by atoms with Gasteiger partial charge in [0.25, 0.3) is 0 Å². The van der Waals surface area contributed by atoms with Crippen molar-refractivity contribution in [3.05, 3.63) is 29.8 Å². The largest absolute Gasteiger partial charge is 0.463 e. The molecule has 0 unspecified atom stereocenters. The Bertz CT molecular complexity index is 653. The summed E-state index contributed by atoms with van der Waals surface area (Å²) in [6, 6.07) is 9.28. The fourth-order valence-corrected chi connectivity index (χ4v) is 1.54. The monoisotopic (exact) mass is 285 g/mol. The SMILES string of the molecule is CCCOc1nc(NN)nc(Nc2ccccc2C#N)n1. The molecule has 8 heteroatoms. The molecule has 0 fully saturated rings. The van der Waals surface area contributed by atoms with Crippen molar-refractivity contribution in [3.8, 4) is 12.1 Å². The van der Waals surface area contributed by atoms with E-state index >= 15 is 0 Å². The van der Waals surface area contributed by atoms with Crippen LogP contribution in [0.4, 0.5) is 17.6 Å². The number of nitriles is 1. The highest BCUT2D eigenvalue weighted by Crippen LogP contribution is 2.19. The Morgan fingerprint density at radius 2 is 2.00 bits per heavy atom. The van der Waals surface area contributed by atoms with Crippen molar-refractivity contribution in [2.45, 2.75) is 13.3 Å². The minimum Gasteiger partial charge on any atom is -0.463 e. The lowest BCUT2D eigenvalue weighted by Gasteiger charge is -2.09. The van der Waals surface area contributed by atoms with Crippen LogP contribution in [0.2, 0.25) is 0 Å².